The number of hydrogen-bond donors (Lipinski definition) is 1. The Hall–Kier alpha value is -2.01. The van der Waals surface area contributed by atoms with E-state index in [-0.39, 0.29) is 0 Å². The van der Waals surface area contributed by atoms with Gasteiger partial charge in [-0.25, -0.2) is 4.79 Å². The Kier molecular flexibility index (Phi) is 3.07. The molecule has 1 aromatic carbocycles. The number of anilines is 1. The first-order valence-corrected chi connectivity index (χ1v) is 4.86. The molecule has 0 saturated heterocycles. The maximum Gasteiger partial charge on any atom is 0.437 e. The van der Waals surface area contributed by atoms with Gasteiger partial charge in [-0.05, 0) is 12.1 Å². The third-order valence-electron chi connectivity index (χ3n) is 1.73. The molecule has 0 atom stereocenters. The summed E-state index contributed by atoms with van der Waals surface area (Å²) >= 11 is 5.61. The zero-order chi connectivity index (χ0) is 11.4. The second-order valence-electron chi connectivity index (χ2n) is 2.93. The van der Waals surface area contributed by atoms with Gasteiger partial charge in [0.25, 0.3) is 0 Å². The van der Waals surface area contributed by atoms with Crippen LogP contribution in [-0.4, -0.2) is 16.0 Å². The molecule has 0 fully saturated rings. The molecule has 0 saturated carbocycles. The van der Waals surface area contributed by atoms with Gasteiger partial charge in [0.05, 0.1) is 17.4 Å². The van der Waals surface area contributed by atoms with Crippen LogP contribution in [0.1, 0.15) is 0 Å². The van der Waals surface area contributed by atoms with Crippen molar-refractivity contribution < 1.29 is 9.63 Å². The fourth-order valence-electron chi connectivity index (χ4n) is 1.08. The van der Waals surface area contributed by atoms with E-state index in [4.69, 9.17) is 16.4 Å². The number of para-hydroxylation sites is 1. The smallest absolute Gasteiger partial charge is 0.299 e. The molecule has 82 valence electrons. The molecule has 0 radical (unpaired) electrons. The average molecular weight is 238 g/mol. The Morgan fingerprint density at radius 3 is 2.75 bits per heavy atom. The lowest BCUT2D eigenvalue weighted by atomic mass is 10.3. The van der Waals surface area contributed by atoms with E-state index in [1.165, 1.54) is 12.4 Å². The maximum atomic E-state index is 11.4. The highest BCUT2D eigenvalue weighted by Crippen LogP contribution is 2.06. The molecule has 1 aromatic heterocycles. The highest BCUT2D eigenvalue weighted by molar-refractivity contribution is 6.30. The first-order valence-electron chi connectivity index (χ1n) is 4.48. The van der Waals surface area contributed by atoms with E-state index >= 15 is 0 Å². The zero-order valence-electron chi connectivity index (χ0n) is 8.13. The van der Waals surface area contributed by atoms with Crippen LogP contribution >= 0.6 is 11.6 Å². The Labute approximate surface area is 96.5 Å². The van der Waals surface area contributed by atoms with Gasteiger partial charge in [0.15, 0.2) is 0 Å². The first kappa shape index (κ1) is 10.5. The van der Waals surface area contributed by atoms with Crippen molar-refractivity contribution in [3.8, 4) is 0 Å². The molecular weight excluding hydrogens is 230 g/mol. The van der Waals surface area contributed by atoms with E-state index in [9.17, 15) is 4.79 Å². The summed E-state index contributed by atoms with van der Waals surface area (Å²) in [4.78, 5) is 17.2. The summed E-state index contributed by atoms with van der Waals surface area (Å²) in [6, 6.07) is 8.96. The van der Waals surface area contributed by atoms with E-state index in [1.807, 2.05) is 6.07 Å². The van der Waals surface area contributed by atoms with Gasteiger partial charge >= 0.3 is 6.09 Å². The van der Waals surface area contributed by atoms with E-state index in [1.54, 1.807) is 24.3 Å². The summed E-state index contributed by atoms with van der Waals surface area (Å²) in [7, 11) is 0. The van der Waals surface area contributed by atoms with Crippen molar-refractivity contribution in [2.75, 3.05) is 5.32 Å². The minimum atomic E-state index is -0.633. The van der Waals surface area contributed by atoms with Gasteiger partial charge < -0.3 is 0 Å². The zero-order valence-corrected chi connectivity index (χ0v) is 8.89. The fraction of sp³-hybridized carbons (Fsp3) is 0. The number of nitrogens with zero attached hydrogens (tertiary/aromatic N) is 2. The van der Waals surface area contributed by atoms with Gasteiger partial charge in [-0.2, -0.15) is 0 Å². The molecule has 6 heteroatoms. The van der Waals surface area contributed by atoms with Crippen molar-refractivity contribution in [1.29, 1.82) is 0 Å². The normalized spacial score (nSPS) is 9.81. The average Bonchev–Trinajstić information content (AvgIpc) is 2.65. The fourth-order valence-corrected chi connectivity index (χ4v) is 1.21. The van der Waals surface area contributed by atoms with Crippen molar-refractivity contribution in [2.24, 2.45) is 0 Å². The van der Waals surface area contributed by atoms with Crippen LogP contribution in [0, 0.1) is 0 Å². The van der Waals surface area contributed by atoms with Crippen LogP contribution in [0.3, 0.4) is 0 Å². The summed E-state index contributed by atoms with van der Waals surface area (Å²) in [5, 5.41) is 6.63. The first-order chi connectivity index (χ1) is 7.74. The summed E-state index contributed by atoms with van der Waals surface area (Å²) in [6.45, 7) is 0. The Morgan fingerprint density at radius 1 is 1.38 bits per heavy atom. The number of carbonyl (C=O) groups is 1. The third kappa shape index (κ3) is 2.74. The standard InChI is InChI=1S/C10H8ClN3O2/c11-8-6-12-14(7-8)16-10(15)13-9-4-2-1-3-5-9/h1-7H,(H,13,15). The predicted molar refractivity (Wildman–Crippen MR) is 59.3 cm³/mol. The molecule has 5 nitrogen and oxygen atoms in total. The molecule has 0 unspecified atom stereocenters. The van der Waals surface area contributed by atoms with Crippen LogP contribution in [0.15, 0.2) is 42.7 Å². The number of rotatable bonds is 2. The highest BCUT2D eigenvalue weighted by Gasteiger charge is 2.05. The van der Waals surface area contributed by atoms with Crippen molar-refractivity contribution in [1.82, 2.24) is 9.94 Å². The van der Waals surface area contributed by atoms with Gasteiger partial charge in [-0.1, -0.05) is 34.6 Å². The maximum absolute atomic E-state index is 11.4. The molecule has 1 amide bonds. The minimum absolute atomic E-state index is 0.396. The molecule has 2 rings (SSSR count). The summed E-state index contributed by atoms with van der Waals surface area (Å²) in [5.41, 5.74) is 0.644. The Balaban J connectivity index is 1.95. The molecule has 1 heterocycles. The molecule has 1 N–H and O–H groups in total. The van der Waals surface area contributed by atoms with Gasteiger partial charge in [0.2, 0.25) is 0 Å². The quantitative estimate of drug-likeness (QED) is 0.871. The molecule has 16 heavy (non-hydrogen) atoms. The number of carbonyl (C=O) groups excluding carboxylic acids is 1. The van der Waals surface area contributed by atoms with E-state index in [2.05, 4.69) is 10.4 Å². The monoisotopic (exact) mass is 237 g/mol. The summed E-state index contributed by atoms with van der Waals surface area (Å²) in [5.74, 6) is 0. The Bertz CT molecular complexity index is 484. The van der Waals surface area contributed by atoms with Crippen LogP contribution in [0.2, 0.25) is 5.02 Å². The SMILES string of the molecule is O=C(Nc1ccccc1)On1cc(Cl)cn1. The van der Waals surface area contributed by atoms with Gasteiger partial charge in [0, 0.05) is 5.69 Å². The van der Waals surface area contributed by atoms with Crippen LogP contribution < -0.4 is 10.2 Å². The number of nitrogens with one attached hydrogen (secondary N) is 1. The Morgan fingerprint density at radius 2 is 2.12 bits per heavy atom. The molecule has 2 aromatic rings. The predicted octanol–water partition coefficient (Wildman–Crippen LogP) is 2.20. The van der Waals surface area contributed by atoms with E-state index < -0.39 is 6.09 Å². The number of benzene rings is 1. The lowest BCUT2D eigenvalue weighted by Crippen LogP contribution is -2.25. The minimum Gasteiger partial charge on any atom is -0.299 e. The second-order valence-corrected chi connectivity index (χ2v) is 3.37. The molecule has 0 aliphatic heterocycles. The number of amides is 1. The lowest BCUT2D eigenvalue weighted by Gasteiger charge is -2.04. The second kappa shape index (κ2) is 4.67. The van der Waals surface area contributed by atoms with E-state index in [0.717, 1.165) is 4.85 Å². The summed E-state index contributed by atoms with van der Waals surface area (Å²) in [6.07, 6.45) is 2.12. The van der Waals surface area contributed by atoms with Crippen LogP contribution in [0.5, 0.6) is 0 Å². The summed E-state index contributed by atoms with van der Waals surface area (Å²) < 4.78 is 0. The molecule has 0 spiro atoms. The molecule has 0 aliphatic carbocycles. The third-order valence-corrected chi connectivity index (χ3v) is 1.92. The van der Waals surface area contributed by atoms with Gasteiger partial charge in [-0.3, -0.25) is 10.2 Å². The number of hydrogen-bond acceptors (Lipinski definition) is 3. The van der Waals surface area contributed by atoms with Gasteiger partial charge in [0.1, 0.15) is 0 Å². The van der Waals surface area contributed by atoms with Crippen LogP contribution in [0.25, 0.3) is 0 Å². The largest absolute Gasteiger partial charge is 0.437 e. The topological polar surface area (TPSA) is 56.1 Å². The highest BCUT2D eigenvalue weighted by atomic mass is 35.5. The van der Waals surface area contributed by atoms with Crippen LogP contribution in [-0.2, 0) is 0 Å². The van der Waals surface area contributed by atoms with Crippen molar-refractivity contribution in [3.63, 3.8) is 0 Å². The number of halogens is 1. The van der Waals surface area contributed by atoms with Crippen LogP contribution in [0.4, 0.5) is 10.5 Å². The lowest BCUT2D eigenvalue weighted by molar-refractivity contribution is 0.130. The molecular formula is C10H8ClN3O2. The molecule has 0 aliphatic rings. The van der Waals surface area contributed by atoms with Crippen molar-refractivity contribution in [3.05, 3.63) is 47.7 Å². The van der Waals surface area contributed by atoms with Gasteiger partial charge in [-0.15, -0.1) is 5.10 Å². The number of aromatic nitrogens is 2. The van der Waals surface area contributed by atoms with Crippen molar-refractivity contribution >= 4 is 23.4 Å². The van der Waals surface area contributed by atoms with Crippen molar-refractivity contribution in [2.45, 2.75) is 0 Å². The van der Waals surface area contributed by atoms with E-state index in [0.29, 0.717) is 10.7 Å². The molecule has 0 bridgehead atoms.